The van der Waals surface area contributed by atoms with Crippen LogP contribution in [0.15, 0.2) is 48.9 Å². The second-order valence-corrected chi connectivity index (χ2v) is 9.07. The fraction of sp³-hybridized carbons (Fsp3) is 0.417. The van der Waals surface area contributed by atoms with Gasteiger partial charge in [0.25, 0.3) is 0 Å². The maximum Gasteiger partial charge on any atom is 0.137 e. The topological polar surface area (TPSA) is 38.4 Å². The molecule has 0 amide bonds. The molecule has 3 aliphatic rings. The number of benzene rings is 1. The highest BCUT2D eigenvalue weighted by Gasteiger charge is 2.42. The summed E-state index contributed by atoms with van der Waals surface area (Å²) in [4.78, 5) is 12.4. The monoisotopic (exact) mass is 383 g/mol. The van der Waals surface area contributed by atoms with Crippen LogP contribution in [0.2, 0.25) is 0 Å². The smallest absolute Gasteiger partial charge is 0.137 e. The van der Waals surface area contributed by atoms with Crippen molar-refractivity contribution in [3.8, 4) is 11.1 Å². The van der Waals surface area contributed by atoms with Gasteiger partial charge in [-0.25, -0.2) is 9.97 Å². The minimum atomic E-state index is 0.700. The van der Waals surface area contributed by atoms with E-state index in [0.717, 1.165) is 30.2 Å². The second kappa shape index (κ2) is 5.92. The molecule has 2 fully saturated rings. The molecule has 4 aromatic rings. The maximum atomic E-state index is 5.12. The van der Waals surface area contributed by atoms with Gasteiger partial charge in [-0.1, -0.05) is 12.5 Å². The summed E-state index contributed by atoms with van der Waals surface area (Å²) in [7, 11) is 0. The first-order valence-corrected chi connectivity index (χ1v) is 11.0. The SMILES string of the molecule is c1cn2ccc(-c3ccc4c(c3)nc3n4CC4CCC(C3)N4C3CCC3)cc2n1. The molecule has 5 heterocycles. The Labute approximate surface area is 170 Å². The lowest BCUT2D eigenvalue weighted by molar-refractivity contribution is 0.0739. The summed E-state index contributed by atoms with van der Waals surface area (Å²) in [5.41, 5.74) is 5.83. The first-order valence-electron chi connectivity index (χ1n) is 11.0. The number of hydrogen-bond acceptors (Lipinski definition) is 3. The molecule has 2 aliphatic heterocycles. The summed E-state index contributed by atoms with van der Waals surface area (Å²) in [6, 6.07) is 13.3. The van der Waals surface area contributed by atoms with Crippen LogP contribution in [0.4, 0.5) is 0 Å². The van der Waals surface area contributed by atoms with Crippen LogP contribution in [0.25, 0.3) is 27.8 Å². The molecule has 2 unspecified atom stereocenters. The number of aromatic nitrogens is 4. The van der Waals surface area contributed by atoms with Gasteiger partial charge in [0, 0.05) is 49.7 Å². The van der Waals surface area contributed by atoms with E-state index in [1.54, 1.807) is 0 Å². The normalized spacial score (nSPS) is 24.7. The molecule has 0 spiro atoms. The van der Waals surface area contributed by atoms with Gasteiger partial charge in [0.2, 0.25) is 0 Å². The van der Waals surface area contributed by atoms with Gasteiger partial charge in [0.1, 0.15) is 11.5 Å². The predicted octanol–water partition coefficient (Wildman–Crippen LogP) is 4.29. The summed E-state index contributed by atoms with van der Waals surface area (Å²) in [5.74, 6) is 1.29. The number of nitrogens with zero attached hydrogens (tertiary/aromatic N) is 5. The number of imidazole rings is 2. The highest BCUT2D eigenvalue weighted by molar-refractivity contribution is 5.83. The molecule has 146 valence electrons. The van der Waals surface area contributed by atoms with Gasteiger partial charge in [0.15, 0.2) is 0 Å². The standard InChI is InChI=1S/C24H25N5/c1-2-18(3-1)29-19-5-6-20(29)15-28-22-7-4-16(12-21(22)26-24(28)14-19)17-8-10-27-11-9-25-23(27)13-17/h4,7-13,18-20H,1-3,5-6,14-15H2. The summed E-state index contributed by atoms with van der Waals surface area (Å²) in [6.07, 6.45) is 13.9. The van der Waals surface area contributed by atoms with E-state index < -0.39 is 0 Å². The Morgan fingerprint density at radius 3 is 2.66 bits per heavy atom. The number of pyridine rings is 1. The molecule has 5 nitrogen and oxygen atoms in total. The Kier molecular flexibility index (Phi) is 3.30. The van der Waals surface area contributed by atoms with E-state index in [4.69, 9.17) is 4.98 Å². The molecule has 1 aliphatic carbocycles. The van der Waals surface area contributed by atoms with Crippen LogP contribution in [-0.4, -0.2) is 42.0 Å². The average Bonchev–Trinajstić information content (AvgIpc) is 3.36. The quantitative estimate of drug-likeness (QED) is 0.518. The summed E-state index contributed by atoms with van der Waals surface area (Å²) < 4.78 is 4.57. The van der Waals surface area contributed by atoms with Gasteiger partial charge in [-0.2, -0.15) is 0 Å². The van der Waals surface area contributed by atoms with Crippen molar-refractivity contribution < 1.29 is 0 Å². The summed E-state index contributed by atoms with van der Waals surface area (Å²) in [5, 5.41) is 0. The van der Waals surface area contributed by atoms with Crippen LogP contribution < -0.4 is 0 Å². The zero-order chi connectivity index (χ0) is 18.9. The second-order valence-electron chi connectivity index (χ2n) is 9.07. The zero-order valence-electron chi connectivity index (χ0n) is 16.5. The number of rotatable bonds is 2. The van der Waals surface area contributed by atoms with Crippen molar-refractivity contribution >= 4 is 16.7 Å². The highest BCUT2D eigenvalue weighted by Crippen LogP contribution is 2.39. The van der Waals surface area contributed by atoms with E-state index in [-0.39, 0.29) is 0 Å². The van der Waals surface area contributed by atoms with Crippen LogP contribution in [0.3, 0.4) is 0 Å². The molecular weight excluding hydrogens is 358 g/mol. The first kappa shape index (κ1) is 16.2. The lowest BCUT2D eigenvalue weighted by Crippen LogP contribution is -2.48. The Morgan fingerprint density at radius 2 is 1.76 bits per heavy atom. The Morgan fingerprint density at radius 1 is 0.862 bits per heavy atom. The maximum absolute atomic E-state index is 5.12. The highest BCUT2D eigenvalue weighted by atomic mass is 15.3. The van der Waals surface area contributed by atoms with Crippen molar-refractivity contribution in [1.82, 2.24) is 23.8 Å². The van der Waals surface area contributed by atoms with Crippen molar-refractivity contribution in [3.05, 3.63) is 54.7 Å². The first-order chi connectivity index (χ1) is 14.3. The number of hydrogen-bond donors (Lipinski definition) is 0. The van der Waals surface area contributed by atoms with Crippen molar-refractivity contribution in [2.45, 2.75) is 63.2 Å². The minimum absolute atomic E-state index is 0.700. The van der Waals surface area contributed by atoms with Gasteiger partial charge in [-0.05, 0) is 61.1 Å². The summed E-state index contributed by atoms with van der Waals surface area (Å²) >= 11 is 0. The molecule has 0 N–H and O–H groups in total. The van der Waals surface area contributed by atoms with E-state index in [1.165, 1.54) is 54.6 Å². The molecule has 2 bridgehead atoms. The Hall–Kier alpha value is -2.66. The van der Waals surface area contributed by atoms with Gasteiger partial charge >= 0.3 is 0 Å². The van der Waals surface area contributed by atoms with Crippen LogP contribution in [0.5, 0.6) is 0 Å². The van der Waals surface area contributed by atoms with E-state index in [0.29, 0.717) is 12.1 Å². The molecule has 1 saturated carbocycles. The lowest BCUT2D eigenvalue weighted by atomic mass is 9.90. The molecule has 3 aromatic heterocycles. The molecule has 1 saturated heterocycles. The zero-order valence-corrected chi connectivity index (χ0v) is 16.5. The minimum Gasteiger partial charge on any atom is -0.326 e. The van der Waals surface area contributed by atoms with Gasteiger partial charge in [0.05, 0.1) is 11.0 Å². The molecule has 0 radical (unpaired) electrons. The van der Waals surface area contributed by atoms with Crippen LogP contribution in [0, 0.1) is 0 Å². The van der Waals surface area contributed by atoms with E-state index >= 15 is 0 Å². The van der Waals surface area contributed by atoms with Crippen LogP contribution >= 0.6 is 0 Å². The molecule has 29 heavy (non-hydrogen) atoms. The van der Waals surface area contributed by atoms with Crippen molar-refractivity contribution in [3.63, 3.8) is 0 Å². The van der Waals surface area contributed by atoms with Gasteiger partial charge < -0.3 is 8.97 Å². The third-order valence-electron chi connectivity index (χ3n) is 7.54. The molecule has 5 heteroatoms. The average molecular weight is 383 g/mol. The summed E-state index contributed by atoms with van der Waals surface area (Å²) in [6.45, 7) is 1.11. The van der Waals surface area contributed by atoms with Gasteiger partial charge in [-0.15, -0.1) is 0 Å². The Bertz CT molecular complexity index is 1230. The molecule has 2 atom stereocenters. The fourth-order valence-electron chi connectivity index (χ4n) is 5.89. The van der Waals surface area contributed by atoms with E-state index in [2.05, 4.69) is 51.0 Å². The molecule has 7 rings (SSSR count). The van der Waals surface area contributed by atoms with E-state index in [1.807, 2.05) is 16.8 Å². The lowest BCUT2D eigenvalue weighted by Gasteiger charge is -2.41. The molecular formula is C24H25N5. The largest absolute Gasteiger partial charge is 0.326 e. The third-order valence-corrected chi connectivity index (χ3v) is 7.54. The third kappa shape index (κ3) is 2.37. The Balaban J connectivity index is 1.28. The van der Waals surface area contributed by atoms with Crippen molar-refractivity contribution in [2.75, 3.05) is 0 Å². The van der Waals surface area contributed by atoms with E-state index in [9.17, 15) is 0 Å². The van der Waals surface area contributed by atoms with Crippen molar-refractivity contribution in [1.29, 1.82) is 0 Å². The fourth-order valence-corrected chi connectivity index (χ4v) is 5.89. The molecule has 1 aromatic carbocycles. The predicted molar refractivity (Wildman–Crippen MR) is 114 cm³/mol. The van der Waals surface area contributed by atoms with Crippen LogP contribution in [-0.2, 0) is 13.0 Å². The van der Waals surface area contributed by atoms with Crippen LogP contribution in [0.1, 0.15) is 37.9 Å². The van der Waals surface area contributed by atoms with Crippen molar-refractivity contribution in [2.24, 2.45) is 0 Å². The number of fused-ring (bicyclic) bond motifs is 6. The van der Waals surface area contributed by atoms with Gasteiger partial charge in [-0.3, -0.25) is 4.90 Å².